The summed E-state index contributed by atoms with van der Waals surface area (Å²) in [4.78, 5) is 31.1. The fourth-order valence-corrected chi connectivity index (χ4v) is 4.54. The van der Waals surface area contributed by atoms with Crippen LogP contribution in [0.15, 0.2) is 69.6 Å². The fourth-order valence-electron chi connectivity index (χ4n) is 3.45. The zero-order valence-corrected chi connectivity index (χ0v) is 18.8. The molecule has 0 saturated carbocycles. The SMILES string of the molecule is CCOC(=O)C1=C(C)N=c2s/c(=C\Nc3ccc(F)cc3)c(=O)n2[C@H]1c1ccc(Cl)cc1. The number of thiazole rings is 1. The zero-order valence-electron chi connectivity index (χ0n) is 17.3. The molecule has 0 bridgehead atoms. The third-order valence-electron chi connectivity index (χ3n) is 4.92. The molecule has 1 aromatic heterocycles. The second kappa shape index (κ2) is 9.10. The number of hydrogen-bond acceptors (Lipinski definition) is 6. The molecular weight excluding hydrogens is 453 g/mol. The van der Waals surface area contributed by atoms with Crippen LogP contribution in [0.3, 0.4) is 0 Å². The van der Waals surface area contributed by atoms with Gasteiger partial charge in [0.1, 0.15) is 10.3 Å². The number of allylic oxidation sites excluding steroid dienone is 1. The number of fused-ring (bicyclic) bond motifs is 1. The van der Waals surface area contributed by atoms with Gasteiger partial charge in [-0.25, -0.2) is 14.2 Å². The van der Waals surface area contributed by atoms with Crippen LogP contribution in [-0.2, 0) is 9.53 Å². The summed E-state index contributed by atoms with van der Waals surface area (Å²) in [5, 5.41) is 3.55. The Balaban J connectivity index is 1.85. The highest BCUT2D eigenvalue weighted by molar-refractivity contribution is 7.07. The van der Waals surface area contributed by atoms with Crippen molar-refractivity contribution in [3.63, 3.8) is 0 Å². The summed E-state index contributed by atoms with van der Waals surface area (Å²) in [5.74, 6) is -0.868. The predicted molar refractivity (Wildman–Crippen MR) is 123 cm³/mol. The molecule has 0 radical (unpaired) electrons. The van der Waals surface area contributed by atoms with Crippen molar-refractivity contribution < 1.29 is 13.9 Å². The van der Waals surface area contributed by atoms with E-state index < -0.39 is 12.0 Å². The molecule has 2 aromatic carbocycles. The van der Waals surface area contributed by atoms with E-state index in [2.05, 4.69) is 10.3 Å². The van der Waals surface area contributed by atoms with Crippen molar-refractivity contribution in [3.8, 4) is 0 Å². The Kier molecular flexibility index (Phi) is 6.25. The summed E-state index contributed by atoms with van der Waals surface area (Å²) < 4.78 is 20.3. The Morgan fingerprint density at radius 1 is 1.25 bits per heavy atom. The first kappa shape index (κ1) is 22.0. The average molecular weight is 472 g/mol. The van der Waals surface area contributed by atoms with E-state index in [4.69, 9.17) is 16.3 Å². The van der Waals surface area contributed by atoms with Gasteiger partial charge in [-0.3, -0.25) is 9.36 Å². The van der Waals surface area contributed by atoms with Gasteiger partial charge in [0, 0.05) is 16.9 Å². The topological polar surface area (TPSA) is 72.7 Å². The highest BCUT2D eigenvalue weighted by Crippen LogP contribution is 2.31. The van der Waals surface area contributed by atoms with E-state index in [1.165, 1.54) is 28.0 Å². The molecule has 1 aliphatic heterocycles. The molecule has 0 aliphatic carbocycles. The van der Waals surface area contributed by atoms with Crippen molar-refractivity contribution >= 4 is 40.8 Å². The molecule has 32 heavy (non-hydrogen) atoms. The number of rotatable bonds is 5. The minimum Gasteiger partial charge on any atom is -0.463 e. The van der Waals surface area contributed by atoms with Gasteiger partial charge in [-0.2, -0.15) is 0 Å². The smallest absolute Gasteiger partial charge is 0.338 e. The predicted octanol–water partition coefficient (Wildman–Crippen LogP) is 3.61. The van der Waals surface area contributed by atoms with Crippen molar-refractivity contribution in [2.45, 2.75) is 19.9 Å². The second-order valence-corrected chi connectivity index (χ2v) is 8.45. The first-order chi connectivity index (χ1) is 15.4. The molecule has 4 rings (SSSR count). The number of esters is 1. The van der Waals surface area contributed by atoms with Crippen LogP contribution >= 0.6 is 22.9 Å². The maximum Gasteiger partial charge on any atom is 0.338 e. The number of ether oxygens (including phenoxy) is 1. The van der Waals surface area contributed by atoms with Crippen LogP contribution in [0.4, 0.5) is 10.1 Å². The Bertz CT molecular complexity index is 1380. The number of nitrogens with one attached hydrogen (secondary N) is 1. The van der Waals surface area contributed by atoms with Crippen LogP contribution in [-0.4, -0.2) is 17.1 Å². The van der Waals surface area contributed by atoms with E-state index in [-0.39, 0.29) is 18.0 Å². The van der Waals surface area contributed by atoms with E-state index in [0.717, 1.165) is 0 Å². The summed E-state index contributed by atoms with van der Waals surface area (Å²) >= 11 is 7.24. The lowest BCUT2D eigenvalue weighted by Crippen LogP contribution is -2.40. The van der Waals surface area contributed by atoms with Crippen LogP contribution in [0.5, 0.6) is 0 Å². The molecule has 0 saturated heterocycles. The number of benzene rings is 2. The normalized spacial score (nSPS) is 15.9. The molecule has 1 atom stereocenters. The van der Waals surface area contributed by atoms with Crippen LogP contribution in [0.2, 0.25) is 5.02 Å². The van der Waals surface area contributed by atoms with Gasteiger partial charge < -0.3 is 10.1 Å². The van der Waals surface area contributed by atoms with Crippen molar-refractivity contribution in [1.29, 1.82) is 0 Å². The molecule has 0 unspecified atom stereocenters. The number of hydrogen-bond donors (Lipinski definition) is 1. The van der Waals surface area contributed by atoms with Crippen molar-refractivity contribution in [2.24, 2.45) is 4.99 Å². The highest BCUT2D eigenvalue weighted by Gasteiger charge is 2.33. The maximum atomic E-state index is 13.4. The van der Waals surface area contributed by atoms with E-state index in [0.29, 0.717) is 36.9 Å². The fraction of sp³-hybridized carbons (Fsp3) is 0.174. The second-order valence-electron chi connectivity index (χ2n) is 7.01. The number of halogens is 2. The molecule has 164 valence electrons. The van der Waals surface area contributed by atoms with E-state index >= 15 is 0 Å². The monoisotopic (exact) mass is 471 g/mol. The lowest BCUT2D eigenvalue weighted by atomic mass is 9.96. The van der Waals surface area contributed by atoms with Gasteiger partial charge in [0.05, 0.1) is 23.9 Å². The van der Waals surface area contributed by atoms with Gasteiger partial charge in [0.2, 0.25) is 0 Å². The van der Waals surface area contributed by atoms with Gasteiger partial charge in [-0.15, -0.1) is 0 Å². The largest absolute Gasteiger partial charge is 0.463 e. The Hall–Kier alpha value is -3.23. The minimum atomic E-state index is -0.699. The van der Waals surface area contributed by atoms with Crippen LogP contribution < -0.4 is 20.2 Å². The highest BCUT2D eigenvalue weighted by atomic mass is 35.5. The lowest BCUT2D eigenvalue weighted by molar-refractivity contribution is -0.139. The number of carbonyl (C=O) groups excluding carboxylic acids is 1. The molecule has 2 heterocycles. The molecule has 0 fully saturated rings. The van der Waals surface area contributed by atoms with Gasteiger partial charge in [0.25, 0.3) is 5.56 Å². The molecule has 0 spiro atoms. The van der Waals surface area contributed by atoms with Gasteiger partial charge >= 0.3 is 5.97 Å². The van der Waals surface area contributed by atoms with E-state index in [1.54, 1.807) is 56.4 Å². The number of aromatic nitrogens is 1. The Morgan fingerprint density at radius 2 is 1.94 bits per heavy atom. The summed E-state index contributed by atoms with van der Waals surface area (Å²) in [5.41, 5.74) is 1.83. The number of anilines is 1. The third-order valence-corrected chi connectivity index (χ3v) is 6.15. The van der Waals surface area contributed by atoms with Gasteiger partial charge in [0.15, 0.2) is 4.80 Å². The first-order valence-corrected chi connectivity index (χ1v) is 11.0. The Labute approximate surface area is 192 Å². The number of carbonyl (C=O) groups is 1. The zero-order chi connectivity index (χ0) is 22.8. The molecule has 3 aromatic rings. The van der Waals surface area contributed by atoms with Crippen molar-refractivity contribution in [2.75, 3.05) is 11.9 Å². The van der Waals surface area contributed by atoms with Crippen LogP contribution in [0.1, 0.15) is 25.5 Å². The molecule has 1 N–H and O–H groups in total. The maximum absolute atomic E-state index is 13.4. The minimum absolute atomic E-state index is 0.203. The summed E-state index contributed by atoms with van der Waals surface area (Å²) in [6, 6.07) is 12.1. The van der Waals surface area contributed by atoms with E-state index in [9.17, 15) is 14.0 Å². The molecule has 6 nitrogen and oxygen atoms in total. The van der Waals surface area contributed by atoms with Crippen molar-refractivity contribution in [3.05, 3.63) is 95.9 Å². The third kappa shape index (κ3) is 4.24. The number of nitrogens with zero attached hydrogens (tertiary/aromatic N) is 2. The summed E-state index contributed by atoms with van der Waals surface area (Å²) in [6.07, 6.45) is 1.55. The molecule has 1 aliphatic rings. The molecule has 0 amide bonds. The van der Waals surface area contributed by atoms with Crippen molar-refractivity contribution in [1.82, 2.24) is 4.57 Å². The summed E-state index contributed by atoms with van der Waals surface area (Å²) in [6.45, 7) is 3.65. The summed E-state index contributed by atoms with van der Waals surface area (Å²) in [7, 11) is 0. The quantitative estimate of drug-likeness (QED) is 0.577. The van der Waals surface area contributed by atoms with Gasteiger partial charge in [-0.1, -0.05) is 35.1 Å². The first-order valence-electron chi connectivity index (χ1n) is 9.84. The Morgan fingerprint density at radius 3 is 2.59 bits per heavy atom. The van der Waals surface area contributed by atoms with E-state index in [1.807, 2.05) is 0 Å². The van der Waals surface area contributed by atoms with Gasteiger partial charge in [-0.05, 0) is 55.8 Å². The van der Waals surface area contributed by atoms with Crippen LogP contribution in [0, 0.1) is 5.82 Å². The lowest BCUT2D eigenvalue weighted by Gasteiger charge is -2.24. The molecular formula is C23H19ClFN3O3S. The molecule has 9 heteroatoms. The standard InChI is InChI=1S/C23H19ClFN3O3S/c1-3-31-22(30)19-13(2)27-23-28(20(19)14-4-6-15(24)7-5-14)21(29)18(32-23)12-26-17-10-8-16(25)9-11-17/h4-12,20,26H,3H2,1-2H3/b18-12-/t20-/m0/s1. The average Bonchev–Trinajstić information content (AvgIpc) is 3.08. The van der Waals surface area contributed by atoms with Crippen LogP contribution in [0.25, 0.3) is 6.20 Å².